The number of nitriles is 1. The van der Waals surface area contributed by atoms with E-state index >= 15 is 0 Å². The van der Waals surface area contributed by atoms with Crippen molar-refractivity contribution in [3.63, 3.8) is 0 Å². The lowest BCUT2D eigenvalue weighted by Gasteiger charge is -2.11. The van der Waals surface area contributed by atoms with Crippen LogP contribution in [-0.2, 0) is 0 Å². The number of rotatable bonds is 2. The Bertz CT molecular complexity index is 761. The standard InChI is InChI=1S/C17H15N3O2/c1-11-8-9-15(14(10-18)12(11)2)19-17(22)20-16(21)13-6-4-3-5-7-13/h3-9H,1-2H3,(H2,19,20,21,22). The van der Waals surface area contributed by atoms with E-state index in [-0.39, 0.29) is 0 Å². The Labute approximate surface area is 128 Å². The van der Waals surface area contributed by atoms with Gasteiger partial charge < -0.3 is 5.32 Å². The maximum absolute atomic E-state index is 11.9. The summed E-state index contributed by atoms with van der Waals surface area (Å²) in [6.07, 6.45) is 0. The molecule has 0 unspecified atom stereocenters. The quantitative estimate of drug-likeness (QED) is 0.892. The Morgan fingerprint density at radius 2 is 1.73 bits per heavy atom. The predicted octanol–water partition coefficient (Wildman–Crippen LogP) is 3.14. The van der Waals surface area contributed by atoms with Crippen LogP contribution in [0.4, 0.5) is 10.5 Å². The zero-order valence-corrected chi connectivity index (χ0v) is 12.3. The third-order valence-electron chi connectivity index (χ3n) is 3.36. The molecule has 0 saturated carbocycles. The van der Waals surface area contributed by atoms with Crippen molar-refractivity contribution in [3.05, 3.63) is 64.7 Å². The molecule has 5 nitrogen and oxygen atoms in total. The fraction of sp³-hybridized carbons (Fsp3) is 0.118. The molecule has 2 rings (SSSR count). The number of hydrogen-bond acceptors (Lipinski definition) is 3. The third-order valence-corrected chi connectivity index (χ3v) is 3.36. The Kier molecular flexibility index (Phi) is 4.54. The summed E-state index contributed by atoms with van der Waals surface area (Å²) in [4.78, 5) is 23.8. The number of imide groups is 1. The van der Waals surface area contributed by atoms with Crippen molar-refractivity contribution in [1.82, 2.24) is 5.32 Å². The number of carbonyl (C=O) groups is 2. The van der Waals surface area contributed by atoms with Gasteiger partial charge >= 0.3 is 6.03 Å². The lowest BCUT2D eigenvalue weighted by molar-refractivity contribution is 0.0967. The smallest absolute Gasteiger partial charge is 0.306 e. The molecule has 0 saturated heterocycles. The van der Waals surface area contributed by atoms with Crippen molar-refractivity contribution in [2.75, 3.05) is 5.32 Å². The molecular formula is C17H15N3O2. The van der Waals surface area contributed by atoms with Gasteiger partial charge in [0, 0.05) is 5.56 Å². The van der Waals surface area contributed by atoms with E-state index in [1.54, 1.807) is 36.4 Å². The van der Waals surface area contributed by atoms with Crippen molar-refractivity contribution >= 4 is 17.6 Å². The van der Waals surface area contributed by atoms with E-state index in [1.807, 2.05) is 19.9 Å². The minimum atomic E-state index is -0.673. The summed E-state index contributed by atoms with van der Waals surface area (Å²) in [6, 6.07) is 13.3. The Balaban J connectivity index is 2.12. The van der Waals surface area contributed by atoms with Gasteiger partial charge in [-0.1, -0.05) is 24.3 Å². The topological polar surface area (TPSA) is 82.0 Å². The number of aryl methyl sites for hydroxylation is 1. The largest absolute Gasteiger partial charge is 0.326 e. The molecule has 22 heavy (non-hydrogen) atoms. The number of carbonyl (C=O) groups excluding carboxylic acids is 2. The van der Waals surface area contributed by atoms with E-state index in [0.717, 1.165) is 11.1 Å². The monoisotopic (exact) mass is 293 g/mol. The lowest BCUT2D eigenvalue weighted by Crippen LogP contribution is -2.34. The normalized spacial score (nSPS) is 9.68. The molecule has 0 heterocycles. The second-order valence-electron chi connectivity index (χ2n) is 4.82. The summed E-state index contributed by atoms with van der Waals surface area (Å²) in [5.74, 6) is -0.500. The molecule has 0 atom stereocenters. The number of amides is 3. The van der Waals surface area contributed by atoms with E-state index in [0.29, 0.717) is 16.8 Å². The minimum absolute atomic E-state index is 0.379. The molecule has 5 heteroatoms. The van der Waals surface area contributed by atoms with Gasteiger partial charge in [-0.2, -0.15) is 5.26 Å². The van der Waals surface area contributed by atoms with E-state index in [4.69, 9.17) is 0 Å². The average molecular weight is 293 g/mol. The molecule has 0 fully saturated rings. The SMILES string of the molecule is Cc1ccc(NC(=O)NC(=O)c2ccccc2)c(C#N)c1C. The molecular weight excluding hydrogens is 278 g/mol. The highest BCUT2D eigenvalue weighted by Gasteiger charge is 2.13. The second-order valence-corrected chi connectivity index (χ2v) is 4.82. The van der Waals surface area contributed by atoms with Crippen LogP contribution in [0.15, 0.2) is 42.5 Å². The Morgan fingerprint density at radius 1 is 1.05 bits per heavy atom. The zero-order valence-electron chi connectivity index (χ0n) is 12.3. The van der Waals surface area contributed by atoms with Crippen LogP contribution in [0.1, 0.15) is 27.0 Å². The van der Waals surface area contributed by atoms with Crippen LogP contribution < -0.4 is 10.6 Å². The van der Waals surface area contributed by atoms with Gasteiger partial charge in [0.05, 0.1) is 11.3 Å². The number of anilines is 1. The number of nitrogens with one attached hydrogen (secondary N) is 2. The summed E-state index contributed by atoms with van der Waals surface area (Å²) in [7, 11) is 0. The summed E-state index contributed by atoms with van der Waals surface area (Å²) >= 11 is 0. The van der Waals surface area contributed by atoms with Crippen LogP contribution in [0.3, 0.4) is 0 Å². The maximum atomic E-state index is 11.9. The molecule has 0 spiro atoms. The van der Waals surface area contributed by atoms with E-state index < -0.39 is 11.9 Å². The van der Waals surface area contributed by atoms with Gasteiger partial charge in [-0.25, -0.2) is 4.79 Å². The van der Waals surface area contributed by atoms with Crippen LogP contribution >= 0.6 is 0 Å². The fourth-order valence-electron chi connectivity index (χ4n) is 1.98. The van der Waals surface area contributed by atoms with Gasteiger partial charge in [0.2, 0.25) is 0 Å². The molecule has 3 amide bonds. The highest BCUT2D eigenvalue weighted by atomic mass is 16.2. The van der Waals surface area contributed by atoms with Crippen LogP contribution in [0.5, 0.6) is 0 Å². The molecule has 0 aromatic heterocycles. The van der Waals surface area contributed by atoms with Crippen molar-refractivity contribution < 1.29 is 9.59 Å². The molecule has 110 valence electrons. The summed E-state index contributed by atoms with van der Waals surface area (Å²) in [5, 5.41) is 14.0. The zero-order chi connectivity index (χ0) is 16.1. The molecule has 2 N–H and O–H groups in total. The van der Waals surface area contributed by atoms with Crippen LogP contribution in [-0.4, -0.2) is 11.9 Å². The highest BCUT2D eigenvalue weighted by molar-refractivity contribution is 6.08. The average Bonchev–Trinajstić information content (AvgIpc) is 2.52. The minimum Gasteiger partial charge on any atom is -0.306 e. The van der Waals surface area contributed by atoms with E-state index in [9.17, 15) is 14.9 Å². The fourth-order valence-corrected chi connectivity index (χ4v) is 1.98. The van der Waals surface area contributed by atoms with Gasteiger partial charge in [0.15, 0.2) is 0 Å². The number of benzene rings is 2. The summed E-state index contributed by atoms with van der Waals surface area (Å²) < 4.78 is 0. The van der Waals surface area contributed by atoms with Gasteiger partial charge in [-0.05, 0) is 43.2 Å². The lowest BCUT2D eigenvalue weighted by atomic mass is 10.0. The Morgan fingerprint density at radius 3 is 2.36 bits per heavy atom. The van der Waals surface area contributed by atoms with Crippen molar-refractivity contribution in [2.24, 2.45) is 0 Å². The molecule has 0 aliphatic rings. The van der Waals surface area contributed by atoms with Gasteiger partial charge in [0.1, 0.15) is 6.07 Å². The van der Waals surface area contributed by atoms with Crippen molar-refractivity contribution in [2.45, 2.75) is 13.8 Å². The van der Waals surface area contributed by atoms with Crippen LogP contribution in [0.25, 0.3) is 0 Å². The first-order chi connectivity index (χ1) is 10.5. The van der Waals surface area contributed by atoms with E-state index in [2.05, 4.69) is 16.7 Å². The molecule has 0 aliphatic heterocycles. The predicted molar refractivity (Wildman–Crippen MR) is 83.6 cm³/mol. The second kappa shape index (κ2) is 6.55. The molecule has 2 aromatic rings. The highest BCUT2D eigenvalue weighted by Crippen LogP contribution is 2.21. The maximum Gasteiger partial charge on any atom is 0.326 e. The summed E-state index contributed by atoms with van der Waals surface area (Å²) in [5.41, 5.74) is 2.92. The van der Waals surface area contributed by atoms with Crippen molar-refractivity contribution in [1.29, 1.82) is 5.26 Å². The number of urea groups is 1. The van der Waals surface area contributed by atoms with Gasteiger partial charge in [-0.3, -0.25) is 10.1 Å². The number of nitrogens with zero attached hydrogens (tertiary/aromatic N) is 1. The van der Waals surface area contributed by atoms with Crippen LogP contribution in [0.2, 0.25) is 0 Å². The molecule has 2 aromatic carbocycles. The number of hydrogen-bond donors (Lipinski definition) is 2. The molecule has 0 radical (unpaired) electrons. The van der Waals surface area contributed by atoms with Crippen LogP contribution in [0, 0.1) is 25.2 Å². The van der Waals surface area contributed by atoms with Gasteiger partial charge in [0.25, 0.3) is 5.91 Å². The Hall–Kier alpha value is -3.13. The first-order valence-electron chi connectivity index (χ1n) is 6.70. The van der Waals surface area contributed by atoms with Gasteiger partial charge in [-0.15, -0.1) is 0 Å². The summed E-state index contributed by atoms with van der Waals surface area (Å²) in [6.45, 7) is 3.70. The third kappa shape index (κ3) is 3.30. The molecule has 0 aliphatic carbocycles. The van der Waals surface area contributed by atoms with Crippen molar-refractivity contribution in [3.8, 4) is 6.07 Å². The van der Waals surface area contributed by atoms with E-state index in [1.165, 1.54) is 0 Å². The first-order valence-corrected chi connectivity index (χ1v) is 6.70. The first kappa shape index (κ1) is 15.3. The molecule has 0 bridgehead atoms.